The van der Waals surface area contributed by atoms with E-state index in [0.717, 1.165) is 45.4 Å². The van der Waals surface area contributed by atoms with E-state index in [0.29, 0.717) is 18.1 Å². The van der Waals surface area contributed by atoms with E-state index < -0.39 is 0 Å². The van der Waals surface area contributed by atoms with Crippen LogP contribution < -0.4 is 5.32 Å². The minimum absolute atomic E-state index is 0.0705. The summed E-state index contributed by atoms with van der Waals surface area (Å²) in [4.78, 5) is 14.2. The van der Waals surface area contributed by atoms with Crippen molar-refractivity contribution < 1.29 is 9.53 Å². The number of hydrogen-bond donors (Lipinski definition) is 1. The van der Waals surface area contributed by atoms with Crippen LogP contribution in [-0.2, 0) is 9.53 Å². The lowest BCUT2D eigenvalue weighted by Gasteiger charge is -2.40. The smallest absolute Gasteiger partial charge is 0.240 e. The van der Waals surface area contributed by atoms with E-state index >= 15 is 0 Å². The summed E-state index contributed by atoms with van der Waals surface area (Å²) in [7, 11) is 0. The number of ether oxygens (including phenoxy) is 1. The number of carbonyl (C=O) groups excluding carboxylic acids is 1. The molecule has 4 nitrogen and oxygen atoms in total. The highest BCUT2D eigenvalue weighted by Crippen LogP contribution is 2.31. The largest absolute Gasteiger partial charge is 0.378 e. The molecule has 0 spiro atoms. The summed E-state index contributed by atoms with van der Waals surface area (Å²) < 4.78 is 5.54. The second kappa shape index (κ2) is 5.83. The zero-order valence-corrected chi connectivity index (χ0v) is 10.9. The molecule has 0 aromatic carbocycles. The molecule has 1 heterocycles. The molecule has 98 valence electrons. The van der Waals surface area contributed by atoms with Gasteiger partial charge in [-0.05, 0) is 39.2 Å². The van der Waals surface area contributed by atoms with Crippen LogP contribution in [0.25, 0.3) is 0 Å². The number of hydrogen-bond acceptors (Lipinski definition) is 3. The van der Waals surface area contributed by atoms with Crippen molar-refractivity contribution in [1.82, 2.24) is 10.2 Å². The standard InChI is InChI=1S/C13H24N2O2/c1-3-6-14-12-5-7-15(13(12)16)10-8-11(9-10)17-4-2/h10-12,14H,3-9H2,1-2H3. The van der Waals surface area contributed by atoms with E-state index in [2.05, 4.69) is 17.1 Å². The zero-order valence-electron chi connectivity index (χ0n) is 10.9. The molecule has 1 aliphatic heterocycles. The molecule has 2 fully saturated rings. The molecule has 0 aromatic rings. The third-order valence-electron chi connectivity index (χ3n) is 3.79. The lowest BCUT2D eigenvalue weighted by atomic mass is 9.88. The van der Waals surface area contributed by atoms with Gasteiger partial charge in [-0.1, -0.05) is 6.92 Å². The Morgan fingerprint density at radius 3 is 2.82 bits per heavy atom. The first-order chi connectivity index (χ1) is 8.26. The fraction of sp³-hybridized carbons (Fsp3) is 0.923. The van der Waals surface area contributed by atoms with E-state index in [9.17, 15) is 4.79 Å². The Labute approximate surface area is 104 Å². The van der Waals surface area contributed by atoms with Gasteiger partial charge in [-0.25, -0.2) is 0 Å². The first kappa shape index (κ1) is 12.8. The summed E-state index contributed by atoms with van der Waals surface area (Å²) in [6.07, 6.45) is 4.49. The maximum Gasteiger partial charge on any atom is 0.240 e. The predicted molar refractivity (Wildman–Crippen MR) is 66.8 cm³/mol. The predicted octanol–water partition coefficient (Wildman–Crippen LogP) is 1.15. The van der Waals surface area contributed by atoms with E-state index in [-0.39, 0.29) is 6.04 Å². The number of likely N-dealkylation sites (tertiary alicyclic amines) is 1. The van der Waals surface area contributed by atoms with Crippen LogP contribution >= 0.6 is 0 Å². The summed E-state index contributed by atoms with van der Waals surface area (Å²) in [5, 5.41) is 3.33. The van der Waals surface area contributed by atoms with Crippen molar-refractivity contribution in [3.8, 4) is 0 Å². The molecule has 1 saturated heterocycles. The second-order valence-corrected chi connectivity index (χ2v) is 5.03. The summed E-state index contributed by atoms with van der Waals surface area (Å²) in [6.45, 7) is 6.80. The molecule has 0 bridgehead atoms. The van der Waals surface area contributed by atoms with Crippen LogP contribution in [-0.4, -0.2) is 48.7 Å². The van der Waals surface area contributed by atoms with Gasteiger partial charge in [0.1, 0.15) is 0 Å². The Hall–Kier alpha value is -0.610. The average molecular weight is 240 g/mol. The quantitative estimate of drug-likeness (QED) is 0.757. The molecular formula is C13H24N2O2. The van der Waals surface area contributed by atoms with Crippen molar-refractivity contribution in [3.63, 3.8) is 0 Å². The molecular weight excluding hydrogens is 216 g/mol. The summed E-state index contributed by atoms with van der Waals surface area (Å²) in [6, 6.07) is 0.508. The number of rotatable bonds is 6. The highest BCUT2D eigenvalue weighted by molar-refractivity contribution is 5.84. The number of nitrogens with zero attached hydrogens (tertiary/aromatic N) is 1. The first-order valence-electron chi connectivity index (χ1n) is 6.91. The fourth-order valence-electron chi connectivity index (χ4n) is 2.74. The van der Waals surface area contributed by atoms with E-state index in [4.69, 9.17) is 4.74 Å². The third kappa shape index (κ3) is 2.80. The normalized spacial score (nSPS) is 32.9. The van der Waals surface area contributed by atoms with Crippen LogP contribution in [0.5, 0.6) is 0 Å². The molecule has 0 radical (unpaired) electrons. The monoisotopic (exact) mass is 240 g/mol. The van der Waals surface area contributed by atoms with Crippen molar-refractivity contribution in [2.24, 2.45) is 0 Å². The third-order valence-corrected chi connectivity index (χ3v) is 3.79. The summed E-state index contributed by atoms with van der Waals surface area (Å²) in [5.41, 5.74) is 0. The van der Waals surface area contributed by atoms with Crippen molar-refractivity contribution in [2.45, 2.75) is 57.7 Å². The van der Waals surface area contributed by atoms with E-state index in [1.54, 1.807) is 0 Å². The molecule has 1 unspecified atom stereocenters. The zero-order chi connectivity index (χ0) is 12.3. The fourth-order valence-corrected chi connectivity index (χ4v) is 2.74. The molecule has 1 atom stereocenters. The first-order valence-corrected chi connectivity index (χ1v) is 6.91. The molecule has 17 heavy (non-hydrogen) atoms. The highest BCUT2D eigenvalue weighted by Gasteiger charge is 2.41. The molecule has 1 aliphatic carbocycles. The minimum Gasteiger partial charge on any atom is -0.378 e. The van der Waals surface area contributed by atoms with Gasteiger partial charge in [0.05, 0.1) is 12.1 Å². The number of nitrogens with one attached hydrogen (secondary N) is 1. The van der Waals surface area contributed by atoms with Gasteiger partial charge < -0.3 is 15.0 Å². The Morgan fingerprint density at radius 1 is 1.41 bits per heavy atom. The van der Waals surface area contributed by atoms with Gasteiger partial charge in [0.2, 0.25) is 5.91 Å². The molecule has 2 aliphatic rings. The molecule has 1 N–H and O–H groups in total. The molecule has 0 aromatic heterocycles. The SMILES string of the molecule is CCCNC1CCN(C2CC(OCC)C2)C1=O. The molecule has 1 amide bonds. The van der Waals surface area contributed by atoms with Gasteiger partial charge in [0, 0.05) is 19.2 Å². The second-order valence-electron chi connectivity index (χ2n) is 5.03. The summed E-state index contributed by atoms with van der Waals surface area (Å²) >= 11 is 0. The maximum absolute atomic E-state index is 12.1. The van der Waals surface area contributed by atoms with Gasteiger partial charge in [-0.2, -0.15) is 0 Å². The topological polar surface area (TPSA) is 41.6 Å². The van der Waals surface area contributed by atoms with Crippen LogP contribution in [0.2, 0.25) is 0 Å². The van der Waals surface area contributed by atoms with E-state index in [1.807, 2.05) is 6.92 Å². The Kier molecular flexibility index (Phi) is 4.40. The van der Waals surface area contributed by atoms with Gasteiger partial charge in [-0.15, -0.1) is 0 Å². The minimum atomic E-state index is 0.0705. The number of amides is 1. The van der Waals surface area contributed by atoms with Crippen LogP contribution in [0.1, 0.15) is 39.5 Å². The van der Waals surface area contributed by atoms with Crippen molar-refractivity contribution in [2.75, 3.05) is 19.7 Å². The van der Waals surface area contributed by atoms with Crippen LogP contribution in [0.3, 0.4) is 0 Å². The van der Waals surface area contributed by atoms with Crippen LogP contribution in [0.4, 0.5) is 0 Å². The highest BCUT2D eigenvalue weighted by atomic mass is 16.5. The van der Waals surface area contributed by atoms with Crippen molar-refractivity contribution in [1.29, 1.82) is 0 Å². The molecule has 2 rings (SSSR count). The van der Waals surface area contributed by atoms with Gasteiger partial charge in [0.15, 0.2) is 0 Å². The Bertz CT molecular complexity index is 264. The molecule has 4 heteroatoms. The number of carbonyl (C=O) groups is 1. The Morgan fingerprint density at radius 2 is 2.18 bits per heavy atom. The van der Waals surface area contributed by atoms with Gasteiger partial charge in [0.25, 0.3) is 0 Å². The van der Waals surface area contributed by atoms with Crippen molar-refractivity contribution in [3.05, 3.63) is 0 Å². The lowest BCUT2D eigenvalue weighted by molar-refractivity contribution is -0.136. The van der Waals surface area contributed by atoms with Crippen LogP contribution in [0, 0.1) is 0 Å². The lowest BCUT2D eigenvalue weighted by Crippen LogP contribution is -2.50. The van der Waals surface area contributed by atoms with Gasteiger partial charge in [-0.3, -0.25) is 4.79 Å². The summed E-state index contributed by atoms with van der Waals surface area (Å²) in [5.74, 6) is 0.304. The molecule has 1 saturated carbocycles. The van der Waals surface area contributed by atoms with Gasteiger partial charge >= 0.3 is 0 Å². The Balaban J connectivity index is 1.75. The van der Waals surface area contributed by atoms with E-state index in [1.165, 1.54) is 0 Å². The maximum atomic E-state index is 12.1. The average Bonchev–Trinajstić information content (AvgIpc) is 2.62. The van der Waals surface area contributed by atoms with Crippen LogP contribution in [0.15, 0.2) is 0 Å². The van der Waals surface area contributed by atoms with Crippen molar-refractivity contribution >= 4 is 5.91 Å².